The summed E-state index contributed by atoms with van der Waals surface area (Å²) in [4.78, 5) is 4.72. The van der Waals surface area contributed by atoms with Crippen LogP contribution in [0.5, 0.6) is 0 Å². The molecule has 3 saturated carbocycles. The van der Waals surface area contributed by atoms with Crippen LogP contribution in [0.4, 0.5) is 0 Å². The van der Waals surface area contributed by atoms with Gasteiger partial charge in [0.2, 0.25) is 0 Å². The minimum atomic E-state index is -0.715. The van der Waals surface area contributed by atoms with Gasteiger partial charge in [0.15, 0.2) is 0 Å². The number of fused-ring (bicyclic) bond motifs is 2. The molecule has 0 spiro atoms. The summed E-state index contributed by atoms with van der Waals surface area (Å²) in [5.74, 6) is 1.07. The lowest BCUT2D eigenvalue weighted by Crippen LogP contribution is -2.64. The van der Waals surface area contributed by atoms with E-state index in [0.717, 1.165) is 18.6 Å². The highest BCUT2D eigenvalue weighted by atomic mass is 16.3. The van der Waals surface area contributed by atoms with Crippen molar-refractivity contribution in [3.8, 4) is 0 Å². The van der Waals surface area contributed by atoms with Crippen molar-refractivity contribution in [1.29, 1.82) is 0 Å². The number of nitrogens with zero attached hydrogens (tertiary/aromatic N) is 1. The summed E-state index contributed by atoms with van der Waals surface area (Å²) in [7, 11) is 0. The van der Waals surface area contributed by atoms with Crippen molar-refractivity contribution in [1.82, 2.24) is 0 Å². The Morgan fingerprint density at radius 2 is 1.89 bits per heavy atom. The van der Waals surface area contributed by atoms with Gasteiger partial charge in [-0.15, -0.1) is 0 Å². The van der Waals surface area contributed by atoms with E-state index in [-0.39, 0.29) is 5.41 Å². The van der Waals surface area contributed by atoms with Gasteiger partial charge >= 0.3 is 0 Å². The van der Waals surface area contributed by atoms with Crippen molar-refractivity contribution in [3.05, 3.63) is 35.9 Å². The van der Waals surface area contributed by atoms with E-state index < -0.39 is 5.60 Å². The first-order chi connectivity index (χ1) is 8.92. The maximum atomic E-state index is 10.8. The maximum Gasteiger partial charge on any atom is 0.103 e. The van der Waals surface area contributed by atoms with E-state index in [1.165, 1.54) is 5.56 Å². The molecule has 19 heavy (non-hydrogen) atoms. The van der Waals surface area contributed by atoms with Gasteiger partial charge in [-0.3, -0.25) is 4.99 Å². The van der Waals surface area contributed by atoms with Crippen LogP contribution in [0.25, 0.3) is 0 Å². The van der Waals surface area contributed by atoms with Gasteiger partial charge in [-0.2, -0.15) is 0 Å². The second kappa shape index (κ2) is 4.17. The van der Waals surface area contributed by atoms with Crippen molar-refractivity contribution in [2.45, 2.75) is 45.8 Å². The van der Waals surface area contributed by atoms with Crippen LogP contribution in [0.1, 0.15) is 39.2 Å². The maximum absolute atomic E-state index is 10.8. The van der Waals surface area contributed by atoms with E-state index in [1.54, 1.807) is 0 Å². The summed E-state index contributed by atoms with van der Waals surface area (Å²) in [6.45, 7) is 7.22. The molecule has 3 atom stereocenters. The van der Waals surface area contributed by atoms with Gasteiger partial charge in [-0.1, -0.05) is 44.2 Å². The third-order valence-corrected chi connectivity index (χ3v) is 5.47. The number of benzene rings is 1. The Bertz CT molecular complexity index is 501. The summed E-state index contributed by atoms with van der Waals surface area (Å²) in [5.41, 5.74) is 1.78. The van der Waals surface area contributed by atoms with E-state index in [0.29, 0.717) is 18.4 Å². The molecule has 1 N–H and O–H groups in total. The van der Waals surface area contributed by atoms with Crippen molar-refractivity contribution >= 4 is 5.71 Å². The molecule has 1 aromatic carbocycles. The van der Waals surface area contributed by atoms with Crippen LogP contribution in [0.2, 0.25) is 0 Å². The predicted octanol–water partition coefficient (Wildman–Crippen LogP) is 3.44. The largest absolute Gasteiger partial charge is 0.384 e. The lowest BCUT2D eigenvalue weighted by Gasteiger charge is -2.62. The number of rotatable bonds is 2. The molecule has 0 radical (unpaired) electrons. The monoisotopic (exact) mass is 257 g/mol. The molecule has 0 saturated heterocycles. The third-order valence-electron chi connectivity index (χ3n) is 5.47. The Balaban J connectivity index is 1.80. The fraction of sp³-hybridized carbons (Fsp3) is 0.588. The van der Waals surface area contributed by atoms with Gasteiger partial charge in [0.1, 0.15) is 5.60 Å². The van der Waals surface area contributed by atoms with Crippen molar-refractivity contribution < 1.29 is 5.11 Å². The second-order valence-electron chi connectivity index (χ2n) is 6.91. The Hall–Kier alpha value is -1.15. The summed E-state index contributed by atoms with van der Waals surface area (Å²) in [5, 5.41) is 10.8. The van der Waals surface area contributed by atoms with E-state index in [2.05, 4.69) is 26.0 Å². The van der Waals surface area contributed by atoms with Crippen LogP contribution >= 0.6 is 0 Å². The minimum absolute atomic E-state index is 0.273. The molecule has 102 valence electrons. The molecular weight excluding hydrogens is 234 g/mol. The number of aliphatic imine (C=N–C) groups is 1. The molecule has 4 rings (SSSR count). The number of hydrogen-bond acceptors (Lipinski definition) is 2. The van der Waals surface area contributed by atoms with E-state index >= 15 is 0 Å². The number of hydrogen-bond donors (Lipinski definition) is 1. The van der Waals surface area contributed by atoms with Crippen molar-refractivity contribution in [3.63, 3.8) is 0 Å². The molecule has 0 aliphatic heterocycles. The predicted molar refractivity (Wildman–Crippen MR) is 78.2 cm³/mol. The molecule has 3 aliphatic carbocycles. The van der Waals surface area contributed by atoms with Gasteiger partial charge in [0.25, 0.3) is 0 Å². The third kappa shape index (κ3) is 1.93. The van der Waals surface area contributed by atoms with Crippen LogP contribution in [0, 0.1) is 17.3 Å². The zero-order valence-electron chi connectivity index (χ0n) is 12.1. The number of aliphatic hydroxyl groups is 1. The van der Waals surface area contributed by atoms with E-state index in [4.69, 9.17) is 4.99 Å². The van der Waals surface area contributed by atoms with E-state index in [1.807, 2.05) is 25.1 Å². The Morgan fingerprint density at radius 1 is 1.21 bits per heavy atom. The van der Waals surface area contributed by atoms with Crippen molar-refractivity contribution in [2.24, 2.45) is 22.2 Å². The average molecular weight is 257 g/mol. The van der Waals surface area contributed by atoms with Gasteiger partial charge in [-0.05, 0) is 42.6 Å². The standard InChI is InChI=1S/C17H23NO/c1-16(2)13-9-14(16)17(3,19)15(10-13)18-11-12-7-5-4-6-8-12/h4-8,13-14,19H,9-11H2,1-3H3. The highest BCUT2D eigenvalue weighted by Crippen LogP contribution is 2.61. The average Bonchev–Trinajstić information content (AvgIpc) is 2.37. The fourth-order valence-electron chi connectivity index (χ4n) is 3.95. The van der Waals surface area contributed by atoms with Gasteiger partial charge in [0, 0.05) is 5.71 Å². The zero-order valence-corrected chi connectivity index (χ0v) is 12.1. The Labute approximate surface area is 115 Å². The van der Waals surface area contributed by atoms with E-state index in [9.17, 15) is 5.11 Å². The molecule has 0 amide bonds. The summed E-state index contributed by atoms with van der Waals surface area (Å²) in [6, 6.07) is 10.3. The molecular formula is C17H23NO. The second-order valence-corrected chi connectivity index (χ2v) is 6.91. The lowest BCUT2D eigenvalue weighted by molar-refractivity contribution is -0.134. The summed E-state index contributed by atoms with van der Waals surface area (Å²) in [6.07, 6.45) is 2.12. The zero-order chi connectivity index (χ0) is 13.7. The van der Waals surface area contributed by atoms with Gasteiger partial charge in [0.05, 0.1) is 6.54 Å². The fourth-order valence-corrected chi connectivity index (χ4v) is 3.95. The van der Waals surface area contributed by atoms with Crippen LogP contribution in [-0.2, 0) is 6.54 Å². The highest BCUT2D eigenvalue weighted by molar-refractivity contribution is 5.94. The molecule has 1 aromatic rings. The summed E-state index contributed by atoms with van der Waals surface area (Å²) < 4.78 is 0. The summed E-state index contributed by atoms with van der Waals surface area (Å²) >= 11 is 0. The molecule has 2 heteroatoms. The molecule has 2 nitrogen and oxygen atoms in total. The molecule has 3 aliphatic rings. The molecule has 3 fully saturated rings. The normalized spacial score (nSPS) is 38.0. The first-order valence-corrected chi connectivity index (χ1v) is 7.22. The molecule has 0 heterocycles. The van der Waals surface area contributed by atoms with Crippen LogP contribution < -0.4 is 0 Å². The molecule has 0 aromatic heterocycles. The molecule has 3 unspecified atom stereocenters. The highest BCUT2D eigenvalue weighted by Gasteiger charge is 2.61. The Morgan fingerprint density at radius 3 is 2.47 bits per heavy atom. The first kappa shape index (κ1) is 12.9. The Kier molecular flexibility index (Phi) is 2.82. The topological polar surface area (TPSA) is 32.6 Å². The lowest BCUT2D eigenvalue weighted by atomic mass is 9.44. The van der Waals surface area contributed by atoms with Crippen molar-refractivity contribution in [2.75, 3.05) is 0 Å². The quantitative estimate of drug-likeness (QED) is 0.865. The van der Waals surface area contributed by atoms with Crippen LogP contribution in [0.3, 0.4) is 0 Å². The SMILES string of the molecule is CC1(O)C(=NCc2ccccc2)CC2CC1C2(C)C. The molecule has 2 bridgehead atoms. The smallest absolute Gasteiger partial charge is 0.103 e. The van der Waals surface area contributed by atoms with Gasteiger partial charge < -0.3 is 5.11 Å². The first-order valence-electron chi connectivity index (χ1n) is 7.22. The van der Waals surface area contributed by atoms with Gasteiger partial charge in [-0.25, -0.2) is 0 Å². The van der Waals surface area contributed by atoms with Crippen LogP contribution in [0.15, 0.2) is 35.3 Å². The van der Waals surface area contributed by atoms with Crippen LogP contribution in [-0.4, -0.2) is 16.4 Å². The minimum Gasteiger partial charge on any atom is -0.384 e.